The summed E-state index contributed by atoms with van der Waals surface area (Å²) in [6.07, 6.45) is -1.05. The Labute approximate surface area is 189 Å². The van der Waals surface area contributed by atoms with E-state index in [1.807, 2.05) is 54.6 Å². The lowest BCUT2D eigenvalue weighted by atomic mass is 9.80. The van der Waals surface area contributed by atoms with Gasteiger partial charge in [-0.05, 0) is 47.0 Å². The van der Waals surface area contributed by atoms with Crippen LogP contribution in [0.4, 0.5) is 8.78 Å². The Kier molecular flexibility index (Phi) is 5.29. The average molecular weight is 441 g/mol. The second-order valence-corrected chi connectivity index (χ2v) is 8.00. The van der Waals surface area contributed by atoms with Crippen LogP contribution in [0.3, 0.4) is 0 Å². The van der Waals surface area contributed by atoms with E-state index in [0.29, 0.717) is 27.9 Å². The van der Waals surface area contributed by atoms with Crippen molar-refractivity contribution in [1.29, 1.82) is 0 Å². The number of hydrogen-bond donors (Lipinski definition) is 3. The van der Waals surface area contributed by atoms with Crippen molar-refractivity contribution in [3.05, 3.63) is 143 Å². The topological polar surface area (TPSA) is 56.2 Å². The summed E-state index contributed by atoms with van der Waals surface area (Å²) in [6, 6.07) is 27.6. The molecule has 5 aromatic rings. The fourth-order valence-corrected chi connectivity index (χ4v) is 4.37. The first kappa shape index (κ1) is 21.1. The third-order valence-electron chi connectivity index (χ3n) is 6.02. The van der Waals surface area contributed by atoms with Gasteiger partial charge in [-0.2, -0.15) is 0 Å². The molecule has 164 valence electrons. The summed E-state index contributed by atoms with van der Waals surface area (Å²) >= 11 is 0. The maximum atomic E-state index is 13.7. The number of aliphatic hydroxyl groups excluding tert-OH is 1. The van der Waals surface area contributed by atoms with Gasteiger partial charge in [0.1, 0.15) is 17.7 Å². The number of aromatic nitrogens is 1. The lowest BCUT2D eigenvalue weighted by Crippen LogP contribution is -2.31. The van der Waals surface area contributed by atoms with E-state index in [1.54, 1.807) is 0 Å². The summed E-state index contributed by atoms with van der Waals surface area (Å²) in [5.74, 6) is -0.886. The van der Waals surface area contributed by atoms with Crippen LogP contribution in [0.25, 0.3) is 10.9 Å². The maximum absolute atomic E-state index is 13.7. The molecule has 5 rings (SSSR count). The number of para-hydroxylation sites is 1. The van der Waals surface area contributed by atoms with Crippen LogP contribution in [0.5, 0.6) is 0 Å². The largest absolute Gasteiger partial charge is 0.384 e. The molecule has 1 unspecified atom stereocenters. The minimum atomic E-state index is -1.81. The highest BCUT2D eigenvalue weighted by molar-refractivity contribution is 5.86. The Hall–Kier alpha value is -3.80. The van der Waals surface area contributed by atoms with Crippen LogP contribution in [0.15, 0.2) is 103 Å². The van der Waals surface area contributed by atoms with Crippen molar-refractivity contribution in [3.8, 4) is 0 Å². The van der Waals surface area contributed by atoms with Gasteiger partial charge < -0.3 is 15.2 Å². The first-order chi connectivity index (χ1) is 16.0. The van der Waals surface area contributed by atoms with Gasteiger partial charge in [0.05, 0.1) is 5.69 Å². The van der Waals surface area contributed by atoms with E-state index in [-0.39, 0.29) is 0 Å². The Morgan fingerprint density at radius 3 is 1.76 bits per heavy atom. The number of halogens is 2. The normalized spacial score (nSPS) is 12.7. The standard InChI is InChI=1S/C28H21F2NO2/c29-21-14-10-19(11-15-21)28(33,20-12-16-22(30)17-13-20)27-25(23-8-4-5-9-24(23)31-27)26(32)18-6-2-1-3-7-18/h1-17,26,31-33H. The molecule has 0 saturated heterocycles. The van der Waals surface area contributed by atoms with E-state index in [1.165, 1.54) is 48.5 Å². The van der Waals surface area contributed by atoms with Gasteiger partial charge in [-0.25, -0.2) is 8.78 Å². The summed E-state index contributed by atoms with van der Waals surface area (Å²) in [5, 5.41) is 24.5. The number of benzene rings is 4. The lowest BCUT2D eigenvalue weighted by Gasteiger charge is -2.31. The van der Waals surface area contributed by atoms with Crippen molar-refractivity contribution in [3.63, 3.8) is 0 Å². The molecule has 0 saturated carbocycles. The fourth-order valence-electron chi connectivity index (χ4n) is 4.37. The van der Waals surface area contributed by atoms with Crippen molar-refractivity contribution < 1.29 is 19.0 Å². The van der Waals surface area contributed by atoms with Gasteiger partial charge in [0.2, 0.25) is 0 Å². The van der Waals surface area contributed by atoms with E-state index in [0.717, 1.165) is 10.9 Å². The molecule has 33 heavy (non-hydrogen) atoms. The zero-order valence-corrected chi connectivity index (χ0v) is 17.5. The summed E-state index contributed by atoms with van der Waals surface area (Å²) < 4.78 is 27.5. The average Bonchev–Trinajstić information content (AvgIpc) is 3.24. The highest BCUT2D eigenvalue weighted by atomic mass is 19.1. The van der Waals surface area contributed by atoms with Crippen LogP contribution in [0, 0.1) is 11.6 Å². The lowest BCUT2D eigenvalue weighted by molar-refractivity contribution is 0.116. The number of rotatable bonds is 5. The number of nitrogens with one attached hydrogen (secondary N) is 1. The Bertz CT molecular complexity index is 1350. The molecule has 1 atom stereocenters. The second-order valence-electron chi connectivity index (χ2n) is 8.00. The second kappa shape index (κ2) is 8.28. The third-order valence-corrected chi connectivity index (χ3v) is 6.02. The van der Waals surface area contributed by atoms with Crippen molar-refractivity contribution in [2.24, 2.45) is 0 Å². The zero-order chi connectivity index (χ0) is 23.0. The maximum Gasteiger partial charge on any atom is 0.155 e. The van der Waals surface area contributed by atoms with Crippen LogP contribution in [-0.2, 0) is 5.60 Å². The molecule has 0 spiro atoms. The summed E-state index contributed by atoms with van der Waals surface area (Å²) in [4.78, 5) is 3.28. The van der Waals surface area contributed by atoms with Gasteiger partial charge in [-0.3, -0.25) is 0 Å². The SMILES string of the molecule is OC(c1ccccc1)c1c(C(O)(c2ccc(F)cc2)c2ccc(F)cc2)[nH]c2ccccc12. The molecular weight excluding hydrogens is 420 g/mol. The first-order valence-electron chi connectivity index (χ1n) is 10.6. The van der Waals surface area contributed by atoms with Gasteiger partial charge >= 0.3 is 0 Å². The molecular formula is C28H21F2NO2. The summed E-state index contributed by atoms with van der Waals surface area (Å²) in [6.45, 7) is 0. The predicted octanol–water partition coefficient (Wildman–Crippen LogP) is 5.81. The monoisotopic (exact) mass is 441 g/mol. The molecule has 0 aliphatic carbocycles. The van der Waals surface area contributed by atoms with Crippen molar-refractivity contribution in [1.82, 2.24) is 4.98 Å². The molecule has 0 aliphatic heterocycles. The van der Waals surface area contributed by atoms with Gasteiger partial charge in [0.15, 0.2) is 5.60 Å². The van der Waals surface area contributed by atoms with Gasteiger partial charge in [-0.1, -0.05) is 72.8 Å². The van der Waals surface area contributed by atoms with Crippen molar-refractivity contribution >= 4 is 10.9 Å². The highest BCUT2D eigenvalue weighted by Crippen LogP contribution is 2.43. The van der Waals surface area contributed by atoms with Crippen LogP contribution in [0.2, 0.25) is 0 Å². The minimum Gasteiger partial charge on any atom is -0.384 e. The number of aromatic amines is 1. The Morgan fingerprint density at radius 2 is 1.18 bits per heavy atom. The smallest absolute Gasteiger partial charge is 0.155 e. The van der Waals surface area contributed by atoms with Crippen molar-refractivity contribution in [2.75, 3.05) is 0 Å². The molecule has 0 radical (unpaired) electrons. The van der Waals surface area contributed by atoms with Crippen LogP contribution in [0.1, 0.15) is 34.1 Å². The molecule has 1 aromatic heterocycles. The third kappa shape index (κ3) is 3.61. The summed E-state index contributed by atoms with van der Waals surface area (Å²) in [7, 11) is 0. The minimum absolute atomic E-state index is 0.332. The summed E-state index contributed by atoms with van der Waals surface area (Å²) in [5.41, 5.74) is 1.15. The fraction of sp³-hybridized carbons (Fsp3) is 0.0714. The molecule has 0 bridgehead atoms. The quantitative estimate of drug-likeness (QED) is 0.322. The molecule has 4 aromatic carbocycles. The van der Waals surface area contributed by atoms with Gasteiger partial charge in [0, 0.05) is 16.5 Å². The molecule has 0 aliphatic rings. The predicted molar refractivity (Wildman–Crippen MR) is 124 cm³/mol. The van der Waals surface area contributed by atoms with E-state index in [9.17, 15) is 19.0 Å². The van der Waals surface area contributed by atoms with E-state index >= 15 is 0 Å². The van der Waals surface area contributed by atoms with E-state index in [2.05, 4.69) is 4.98 Å². The molecule has 5 heteroatoms. The number of H-pyrrole nitrogens is 1. The van der Waals surface area contributed by atoms with E-state index in [4.69, 9.17) is 0 Å². The molecule has 3 N–H and O–H groups in total. The molecule has 0 amide bonds. The first-order valence-corrected chi connectivity index (χ1v) is 10.6. The zero-order valence-electron chi connectivity index (χ0n) is 17.5. The Balaban J connectivity index is 1.83. The molecule has 1 heterocycles. The van der Waals surface area contributed by atoms with E-state index < -0.39 is 23.3 Å². The molecule has 3 nitrogen and oxygen atoms in total. The number of aliphatic hydroxyl groups is 2. The number of fused-ring (bicyclic) bond motifs is 1. The van der Waals surface area contributed by atoms with Gasteiger partial charge in [0.25, 0.3) is 0 Å². The van der Waals surface area contributed by atoms with Crippen molar-refractivity contribution in [2.45, 2.75) is 11.7 Å². The highest BCUT2D eigenvalue weighted by Gasteiger charge is 2.39. The number of hydrogen-bond acceptors (Lipinski definition) is 2. The van der Waals surface area contributed by atoms with Gasteiger partial charge in [-0.15, -0.1) is 0 Å². The van der Waals surface area contributed by atoms with Crippen LogP contribution in [-0.4, -0.2) is 15.2 Å². The van der Waals surface area contributed by atoms with Crippen LogP contribution < -0.4 is 0 Å². The molecule has 0 fully saturated rings. The Morgan fingerprint density at radius 1 is 0.667 bits per heavy atom. The van der Waals surface area contributed by atoms with Crippen LogP contribution >= 0.6 is 0 Å².